The van der Waals surface area contributed by atoms with Gasteiger partial charge < -0.3 is 9.15 Å². The lowest BCUT2D eigenvalue weighted by atomic mass is 9.97. The highest BCUT2D eigenvalue weighted by Gasteiger charge is 2.43. The van der Waals surface area contributed by atoms with Gasteiger partial charge in [-0.15, -0.1) is 0 Å². The third-order valence-corrected chi connectivity index (χ3v) is 5.54. The molecule has 0 aliphatic carbocycles. The van der Waals surface area contributed by atoms with Crippen LogP contribution in [0.4, 0.5) is 10.1 Å². The third-order valence-electron chi connectivity index (χ3n) is 5.54. The highest BCUT2D eigenvalue weighted by Crippen LogP contribution is 2.41. The van der Waals surface area contributed by atoms with Crippen LogP contribution in [0.1, 0.15) is 33.3 Å². The first-order valence-electron chi connectivity index (χ1n) is 9.78. The Morgan fingerprint density at radius 2 is 1.77 bits per heavy atom. The quantitative estimate of drug-likeness (QED) is 0.473. The minimum Gasteiger partial charge on any atom is -0.497 e. The van der Waals surface area contributed by atoms with Gasteiger partial charge in [-0.05, 0) is 61.0 Å². The van der Waals surface area contributed by atoms with Crippen molar-refractivity contribution in [2.45, 2.75) is 13.0 Å². The van der Waals surface area contributed by atoms with Gasteiger partial charge >= 0.3 is 0 Å². The molecule has 1 aliphatic heterocycles. The minimum absolute atomic E-state index is 0.00139. The number of rotatable bonds is 3. The molecule has 1 amide bonds. The Bertz CT molecular complexity index is 1390. The van der Waals surface area contributed by atoms with Gasteiger partial charge in [0.05, 0.1) is 24.1 Å². The predicted molar refractivity (Wildman–Crippen MR) is 115 cm³/mol. The van der Waals surface area contributed by atoms with Crippen LogP contribution in [0.2, 0.25) is 0 Å². The first kappa shape index (κ1) is 19.1. The Morgan fingerprint density at radius 3 is 2.52 bits per heavy atom. The number of amides is 1. The van der Waals surface area contributed by atoms with E-state index in [9.17, 15) is 14.0 Å². The van der Waals surface area contributed by atoms with Gasteiger partial charge in [0, 0.05) is 5.69 Å². The highest BCUT2D eigenvalue weighted by molar-refractivity contribution is 6.10. The molecule has 5 nitrogen and oxygen atoms in total. The van der Waals surface area contributed by atoms with Gasteiger partial charge in [-0.1, -0.05) is 23.8 Å². The molecule has 0 spiro atoms. The van der Waals surface area contributed by atoms with E-state index in [2.05, 4.69) is 0 Å². The maximum atomic E-state index is 13.6. The van der Waals surface area contributed by atoms with Gasteiger partial charge in [-0.3, -0.25) is 14.5 Å². The maximum Gasteiger partial charge on any atom is 0.295 e. The summed E-state index contributed by atoms with van der Waals surface area (Å²) in [5, 5.41) is 0.417. The summed E-state index contributed by atoms with van der Waals surface area (Å²) in [5.74, 6) is -0.271. The minimum atomic E-state index is -0.732. The SMILES string of the molecule is COc1cccc(C2c3c(oc4ccc(C)cc4c3=O)C(=O)N2c2ccc(F)cc2)c1. The molecular formula is C25H18FNO4. The van der Waals surface area contributed by atoms with E-state index in [0.717, 1.165) is 5.56 Å². The summed E-state index contributed by atoms with van der Waals surface area (Å²) in [4.78, 5) is 28.5. The van der Waals surface area contributed by atoms with E-state index in [0.29, 0.717) is 28.0 Å². The second-order valence-corrected chi connectivity index (χ2v) is 7.50. The van der Waals surface area contributed by atoms with Gasteiger partial charge in [0.15, 0.2) is 5.43 Å². The van der Waals surface area contributed by atoms with Crippen LogP contribution in [0.5, 0.6) is 5.75 Å². The summed E-state index contributed by atoms with van der Waals surface area (Å²) in [7, 11) is 1.55. The molecule has 154 valence electrons. The molecule has 2 heterocycles. The van der Waals surface area contributed by atoms with Crippen LogP contribution in [0.25, 0.3) is 11.0 Å². The number of anilines is 1. The van der Waals surface area contributed by atoms with E-state index in [1.807, 2.05) is 19.1 Å². The number of carbonyl (C=O) groups is 1. The molecule has 0 bridgehead atoms. The predicted octanol–water partition coefficient (Wildman–Crippen LogP) is 5.00. The number of aryl methyl sites for hydroxylation is 1. The van der Waals surface area contributed by atoms with Gasteiger partial charge in [-0.2, -0.15) is 0 Å². The molecule has 0 fully saturated rings. The molecule has 0 saturated carbocycles. The molecule has 1 unspecified atom stereocenters. The summed E-state index contributed by atoms with van der Waals surface area (Å²) >= 11 is 0. The average molecular weight is 415 g/mol. The molecule has 5 rings (SSSR count). The van der Waals surface area contributed by atoms with E-state index in [1.54, 1.807) is 37.4 Å². The van der Waals surface area contributed by atoms with Crippen LogP contribution in [-0.4, -0.2) is 13.0 Å². The van der Waals surface area contributed by atoms with Crippen LogP contribution in [0.3, 0.4) is 0 Å². The summed E-state index contributed by atoms with van der Waals surface area (Å²) in [6, 6.07) is 17.3. The van der Waals surface area contributed by atoms with Gasteiger partial charge in [-0.25, -0.2) is 4.39 Å². The maximum absolute atomic E-state index is 13.6. The Kier molecular flexibility index (Phi) is 4.36. The molecule has 1 aliphatic rings. The van der Waals surface area contributed by atoms with Crippen molar-refractivity contribution >= 4 is 22.6 Å². The lowest BCUT2D eigenvalue weighted by molar-refractivity contribution is 0.0971. The lowest BCUT2D eigenvalue weighted by Gasteiger charge is -2.25. The van der Waals surface area contributed by atoms with E-state index >= 15 is 0 Å². The van der Waals surface area contributed by atoms with Gasteiger partial charge in [0.2, 0.25) is 5.76 Å². The lowest BCUT2D eigenvalue weighted by Crippen LogP contribution is -2.29. The van der Waals surface area contributed by atoms with Gasteiger partial charge in [0.1, 0.15) is 17.1 Å². The number of nitrogens with zero attached hydrogens (tertiary/aromatic N) is 1. The number of methoxy groups -OCH3 is 1. The molecule has 1 aromatic heterocycles. The van der Waals surface area contributed by atoms with E-state index in [1.165, 1.54) is 29.2 Å². The topological polar surface area (TPSA) is 59.8 Å². The smallest absolute Gasteiger partial charge is 0.295 e. The summed E-state index contributed by atoms with van der Waals surface area (Å²) in [6.45, 7) is 1.89. The molecule has 3 aromatic carbocycles. The van der Waals surface area contributed by atoms with Crippen molar-refractivity contribution in [1.82, 2.24) is 0 Å². The van der Waals surface area contributed by atoms with Crippen molar-refractivity contribution in [2.24, 2.45) is 0 Å². The molecular weight excluding hydrogens is 397 g/mol. The average Bonchev–Trinajstić information content (AvgIpc) is 3.07. The van der Waals surface area contributed by atoms with Crippen molar-refractivity contribution in [3.8, 4) is 5.75 Å². The fourth-order valence-corrected chi connectivity index (χ4v) is 4.08. The largest absolute Gasteiger partial charge is 0.497 e. The number of hydrogen-bond donors (Lipinski definition) is 0. The second-order valence-electron chi connectivity index (χ2n) is 7.50. The van der Waals surface area contributed by atoms with E-state index in [-0.39, 0.29) is 16.8 Å². The fourth-order valence-electron chi connectivity index (χ4n) is 4.08. The first-order valence-corrected chi connectivity index (χ1v) is 9.78. The van der Waals surface area contributed by atoms with Crippen LogP contribution in [-0.2, 0) is 0 Å². The Morgan fingerprint density at radius 1 is 1.00 bits per heavy atom. The highest BCUT2D eigenvalue weighted by atomic mass is 19.1. The fraction of sp³-hybridized carbons (Fsp3) is 0.120. The standard InChI is InChI=1S/C25H18FNO4/c1-14-6-11-20-19(12-14)23(28)21-22(15-4-3-5-18(13-15)30-2)27(25(29)24(21)31-20)17-9-7-16(26)8-10-17/h3-13,22H,1-2H3. The number of halogens is 1. The van der Waals surface area contributed by atoms with Crippen molar-refractivity contribution in [2.75, 3.05) is 12.0 Å². The van der Waals surface area contributed by atoms with Crippen molar-refractivity contribution in [3.63, 3.8) is 0 Å². The zero-order valence-corrected chi connectivity index (χ0v) is 16.9. The summed E-state index contributed by atoms with van der Waals surface area (Å²) in [5.41, 5.74) is 2.43. The molecule has 4 aromatic rings. The summed E-state index contributed by atoms with van der Waals surface area (Å²) < 4.78 is 24.8. The molecule has 0 N–H and O–H groups in total. The monoisotopic (exact) mass is 415 g/mol. The third kappa shape index (κ3) is 2.99. The number of hydrogen-bond acceptors (Lipinski definition) is 4. The van der Waals surface area contributed by atoms with Crippen molar-refractivity contribution in [1.29, 1.82) is 0 Å². The van der Waals surface area contributed by atoms with Crippen LogP contribution in [0, 0.1) is 12.7 Å². The van der Waals surface area contributed by atoms with E-state index < -0.39 is 17.8 Å². The normalized spacial score (nSPS) is 15.4. The molecule has 1 atom stereocenters. The number of fused-ring (bicyclic) bond motifs is 2. The zero-order valence-electron chi connectivity index (χ0n) is 16.9. The number of ether oxygens (including phenoxy) is 1. The Balaban J connectivity index is 1.82. The van der Waals surface area contributed by atoms with Crippen molar-refractivity contribution < 1.29 is 18.3 Å². The molecule has 0 saturated heterocycles. The molecule has 0 radical (unpaired) electrons. The van der Waals surface area contributed by atoms with Gasteiger partial charge in [0.25, 0.3) is 5.91 Å². The van der Waals surface area contributed by atoms with Crippen LogP contribution < -0.4 is 15.1 Å². The zero-order chi connectivity index (χ0) is 21.7. The van der Waals surface area contributed by atoms with E-state index in [4.69, 9.17) is 9.15 Å². The first-order chi connectivity index (χ1) is 15.0. The Hall–Kier alpha value is -3.93. The molecule has 31 heavy (non-hydrogen) atoms. The van der Waals surface area contributed by atoms with Crippen LogP contribution >= 0.6 is 0 Å². The van der Waals surface area contributed by atoms with Crippen molar-refractivity contribution in [3.05, 3.63) is 105 Å². The molecule has 6 heteroatoms. The Labute approximate surface area is 177 Å². The summed E-state index contributed by atoms with van der Waals surface area (Å²) in [6.07, 6.45) is 0. The number of carbonyl (C=O) groups excluding carboxylic acids is 1. The number of benzene rings is 3. The van der Waals surface area contributed by atoms with Crippen LogP contribution in [0.15, 0.2) is 75.9 Å². The second kappa shape index (κ2) is 7.09.